The first-order valence-corrected chi connectivity index (χ1v) is 7.84. The molecule has 130 valence electrons. The Balaban J connectivity index is 1.97. The fraction of sp³-hybridized carbons (Fsp3) is 0.533. The maximum Gasteiger partial charge on any atom is 0.312 e. The van der Waals surface area contributed by atoms with E-state index in [9.17, 15) is 14.9 Å². The van der Waals surface area contributed by atoms with Crippen LogP contribution in [0.3, 0.4) is 0 Å². The smallest absolute Gasteiger partial charge is 0.312 e. The highest BCUT2D eigenvalue weighted by Gasteiger charge is 2.22. The number of nitrogens with one attached hydrogen (secondary N) is 1. The Morgan fingerprint density at radius 2 is 2.12 bits per heavy atom. The standard InChI is InChI=1S/C15H22N6O3/c1-5-19-13(6-8-16-19)10(2)17-14(22)7-9-20-12(4)15(21(23)24)11(3)18-20/h6,8,10H,5,7,9H2,1-4H3,(H,17,22). The first-order chi connectivity index (χ1) is 11.3. The zero-order valence-electron chi connectivity index (χ0n) is 14.3. The third-order valence-electron chi connectivity index (χ3n) is 3.95. The average Bonchev–Trinajstić information content (AvgIpc) is 3.09. The fourth-order valence-electron chi connectivity index (χ4n) is 2.74. The number of hydrogen-bond acceptors (Lipinski definition) is 5. The second kappa shape index (κ2) is 7.24. The number of aromatic nitrogens is 4. The van der Waals surface area contributed by atoms with Gasteiger partial charge in [-0.25, -0.2) is 0 Å². The van der Waals surface area contributed by atoms with Gasteiger partial charge in [0.15, 0.2) is 0 Å². The Hall–Kier alpha value is -2.71. The van der Waals surface area contributed by atoms with Gasteiger partial charge in [-0.15, -0.1) is 0 Å². The molecule has 0 aliphatic rings. The minimum Gasteiger partial charge on any atom is -0.348 e. The summed E-state index contributed by atoms with van der Waals surface area (Å²) in [5.41, 5.74) is 1.77. The van der Waals surface area contributed by atoms with Crippen LogP contribution in [0.25, 0.3) is 0 Å². The number of nitrogens with zero attached hydrogens (tertiary/aromatic N) is 5. The molecular weight excluding hydrogens is 312 g/mol. The Labute approximate surface area is 139 Å². The molecule has 24 heavy (non-hydrogen) atoms. The van der Waals surface area contributed by atoms with Gasteiger partial charge < -0.3 is 5.32 Å². The summed E-state index contributed by atoms with van der Waals surface area (Å²) in [5.74, 6) is -0.137. The lowest BCUT2D eigenvalue weighted by molar-refractivity contribution is -0.386. The Bertz CT molecular complexity index is 748. The third-order valence-corrected chi connectivity index (χ3v) is 3.95. The van der Waals surface area contributed by atoms with Gasteiger partial charge in [0.2, 0.25) is 5.91 Å². The molecule has 1 amide bonds. The predicted octanol–water partition coefficient (Wildman–Crippen LogP) is 1.89. The maximum atomic E-state index is 12.1. The molecule has 9 heteroatoms. The number of nitro groups is 1. The van der Waals surface area contributed by atoms with Crippen LogP contribution in [0.2, 0.25) is 0 Å². The van der Waals surface area contributed by atoms with Crippen molar-refractivity contribution in [2.24, 2.45) is 0 Å². The molecule has 1 unspecified atom stereocenters. The zero-order chi connectivity index (χ0) is 17.9. The normalized spacial score (nSPS) is 12.2. The molecule has 0 aliphatic carbocycles. The van der Waals surface area contributed by atoms with Crippen molar-refractivity contribution in [3.8, 4) is 0 Å². The highest BCUT2D eigenvalue weighted by molar-refractivity contribution is 5.76. The highest BCUT2D eigenvalue weighted by Crippen LogP contribution is 2.21. The Kier molecular flexibility index (Phi) is 5.32. The van der Waals surface area contributed by atoms with E-state index in [0.717, 1.165) is 12.2 Å². The molecule has 0 aliphatic heterocycles. The van der Waals surface area contributed by atoms with Crippen molar-refractivity contribution in [2.75, 3.05) is 0 Å². The minimum absolute atomic E-state index is 0.00984. The molecule has 2 rings (SSSR count). The fourth-order valence-corrected chi connectivity index (χ4v) is 2.74. The summed E-state index contributed by atoms with van der Waals surface area (Å²) in [6.07, 6.45) is 1.90. The summed E-state index contributed by atoms with van der Waals surface area (Å²) in [4.78, 5) is 22.7. The van der Waals surface area contributed by atoms with Gasteiger partial charge >= 0.3 is 5.69 Å². The maximum absolute atomic E-state index is 12.1. The van der Waals surface area contributed by atoms with Crippen molar-refractivity contribution in [1.29, 1.82) is 0 Å². The Morgan fingerprint density at radius 1 is 1.42 bits per heavy atom. The lowest BCUT2D eigenvalue weighted by Gasteiger charge is -2.15. The summed E-state index contributed by atoms with van der Waals surface area (Å²) < 4.78 is 3.34. The van der Waals surface area contributed by atoms with Crippen LogP contribution < -0.4 is 5.32 Å². The number of rotatable bonds is 7. The minimum atomic E-state index is -0.442. The van der Waals surface area contributed by atoms with Gasteiger partial charge in [-0.05, 0) is 33.8 Å². The molecule has 1 N–H and O–H groups in total. The van der Waals surface area contributed by atoms with Gasteiger partial charge in [0.05, 0.1) is 23.2 Å². The van der Waals surface area contributed by atoms with Gasteiger partial charge in [0.25, 0.3) is 0 Å². The van der Waals surface area contributed by atoms with Gasteiger partial charge in [0, 0.05) is 19.2 Å². The second-order valence-electron chi connectivity index (χ2n) is 5.61. The van der Waals surface area contributed by atoms with E-state index in [1.54, 1.807) is 20.0 Å². The third kappa shape index (κ3) is 3.61. The number of hydrogen-bond donors (Lipinski definition) is 1. The lowest BCUT2D eigenvalue weighted by atomic mass is 10.2. The van der Waals surface area contributed by atoms with Crippen LogP contribution in [-0.4, -0.2) is 30.4 Å². The van der Waals surface area contributed by atoms with Crippen LogP contribution in [0, 0.1) is 24.0 Å². The van der Waals surface area contributed by atoms with E-state index in [1.165, 1.54) is 4.68 Å². The summed E-state index contributed by atoms with van der Waals surface area (Å²) in [5, 5.41) is 22.2. The van der Waals surface area contributed by atoms with Gasteiger partial charge in [0.1, 0.15) is 11.4 Å². The summed E-state index contributed by atoms with van der Waals surface area (Å²) in [6.45, 7) is 8.15. The molecule has 2 aromatic rings. The Morgan fingerprint density at radius 3 is 2.71 bits per heavy atom. The first-order valence-electron chi connectivity index (χ1n) is 7.84. The van der Waals surface area contributed by atoms with E-state index in [0.29, 0.717) is 17.9 Å². The summed E-state index contributed by atoms with van der Waals surface area (Å²) in [7, 11) is 0. The van der Waals surface area contributed by atoms with E-state index < -0.39 is 4.92 Å². The van der Waals surface area contributed by atoms with Crippen molar-refractivity contribution in [1.82, 2.24) is 24.9 Å². The van der Waals surface area contributed by atoms with Crippen molar-refractivity contribution in [3.05, 3.63) is 39.5 Å². The molecule has 1 atom stereocenters. The second-order valence-corrected chi connectivity index (χ2v) is 5.61. The van der Waals surface area contributed by atoms with Gasteiger partial charge in [-0.1, -0.05) is 0 Å². The molecule has 0 bridgehead atoms. The molecule has 0 fully saturated rings. The van der Waals surface area contributed by atoms with Gasteiger partial charge in [-0.3, -0.25) is 24.3 Å². The van der Waals surface area contributed by atoms with E-state index in [1.807, 2.05) is 24.6 Å². The van der Waals surface area contributed by atoms with Crippen molar-refractivity contribution in [3.63, 3.8) is 0 Å². The predicted molar refractivity (Wildman–Crippen MR) is 87.4 cm³/mol. The van der Waals surface area contributed by atoms with Crippen molar-refractivity contribution >= 4 is 11.6 Å². The van der Waals surface area contributed by atoms with Gasteiger partial charge in [-0.2, -0.15) is 10.2 Å². The number of carbonyl (C=O) groups is 1. The quantitative estimate of drug-likeness (QED) is 0.614. The molecule has 0 saturated heterocycles. The van der Waals surface area contributed by atoms with Crippen molar-refractivity contribution < 1.29 is 9.72 Å². The number of amides is 1. The van der Waals surface area contributed by atoms with E-state index in [-0.39, 0.29) is 24.1 Å². The molecule has 0 aromatic carbocycles. The van der Waals surface area contributed by atoms with Crippen LogP contribution >= 0.6 is 0 Å². The highest BCUT2D eigenvalue weighted by atomic mass is 16.6. The van der Waals surface area contributed by atoms with Crippen LogP contribution in [0.15, 0.2) is 12.3 Å². The molecular formula is C15H22N6O3. The van der Waals surface area contributed by atoms with Crippen LogP contribution in [0.4, 0.5) is 5.69 Å². The molecule has 0 saturated carbocycles. The van der Waals surface area contributed by atoms with E-state index >= 15 is 0 Å². The molecule has 2 heterocycles. The lowest BCUT2D eigenvalue weighted by Crippen LogP contribution is -2.29. The van der Waals surface area contributed by atoms with Crippen molar-refractivity contribution in [2.45, 2.75) is 53.2 Å². The van der Waals surface area contributed by atoms with Crippen LogP contribution in [-0.2, 0) is 17.9 Å². The van der Waals surface area contributed by atoms with E-state index in [2.05, 4.69) is 15.5 Å². The SMILES string of the molecule is CCn1nccc1C(C)NC(=O)CCn1nc(C)c([N+](=O)[O-])c1C. The van der Waals surface area contributed by atoms with Crippen LogP contribution in [0.1, 0.15) is 43.4 Å². The zero-order valence-corrected chi connectivity index (χ0v) is 14.3. The molecule has 2 aromatic heterocycles. The topological polar surface area (TPSA) is 108 Å². The monoisotopic (exact) mass is 334 g/mol. The summed E-state index contributed by atoms with van der Waals surface area (Å²) in [6, 6.07) is 1.72. The summed E-state index contributed by atoms with van der Waals surface area (Å²) >= 11 is 0. The number of carbonyl (C=O) groups excluding carboxylic acids is 1. The largest absolute Gasteiger partial charge is 0.348 e. The average molecular weight is 334 g/mol. The molecule has 0 radical (unpaired) electrons. The molecule has 9 nitrogen and oxygen atoms in total. The first kappa shape index (κ1) is 17.6. The van der Waals surface area contributed by atoms with Crippen LogP contribution in [0.5, 0.6) is 0 Å². The molecule has 0 spiro atoms. The van der Waals surface area contributed by atoms with E-state index in [4.69, 9.17) is 0 Å². The number of aryl methyl sites for hydroxylation is 3.